The van der Waals surface area contributed by atoms with E-state index in [4.69, 9.17) is 5.73 Å². The third-order valence-electron chi connectivity index (χ3n) is 6.59. The molecule has 2 aromatic carbocycles. The standard InChI is InChI=1S/C27H34N6O4/c1-32-16-19-14-18(10-11-20(19)29-23(27(32)37)15-25(34)35)26(36)33(13-7-3-2-6-12-28)17-24-30-21-8-4-5-9-22(21)31-24/h4-5,8-11,14,23,29H,2-3,6-7,12-13,15-17,28H2,1H3,(H,30,31)(H,34,35)/t23-/m1/s1. The number of nitrogens with zero attached hydrogens (tertiary/aromatic N) is 3. The number of H-pyrrole nitrogens is 1. The number of rotatable bonds is 11. The maximum Gasteiger partial charge on any atom is 0.305 e. The number of aliphatic carboxylic acids is 1. The number of benzene rings is 2. The Morgan fingerprint density at radius 2 is 1.95 bits per heavy atom. The summed E-state index contributed by atoms with van der Waals surface area (Å²) >= 11 is 0. The van der Waals surface area contributed by atoms with Crippen LogP contribution in [-0.4, -0.2) is 68.8 Å². The molecule has 0 spiro atoms. The van der Waals surface area contributed by atoms with Gasteiger partial charge in [0.1, 0.15) is 11.9 Å². The van der Waals surface area contributed by atoms with Crippen molar-refractivity contribution in [2.45, 2.75) is 51.2 Å². The van der Waals surface area contributed by atoms with Crippen LogP contribution in [0.3, 0.4) is 0 Å². The lowest BCUT2D eigenvalue weighted by Gasteiger charge is -2.23. The average Bonchev–Trinajstić information content (AvgIpc) is 3.25. The van der Waals surface area contributed by atoms with E-state index in [-0.39, 0.29) is 24.8 Å². The molecular weight excluding hydrogens is 472 g/mol. The Balaban J connectivity index is 1.56. The number of hydrogen-bond donors (Lipinski definition) is 4. The minimum atomic E-state index is -1.05. The van der Waals surface area contributed by atoms with Gasteiger partial charge in [-0.1, -0.05) is 25.0 Å². The monoisotopic (exact) mass is 506 g/mol. The van der Waals surface area contributed by atoms with E-state index < -0.39 is 12.0 Å². The molecule has 0 saturated carbocycles. The highest BCUT2D eigenvalue weighted by atomic mass is 16.4. The number of carboxylic acid groups (broad SMARTS) is 1. The summed E-state index contributed by atoms with van der Waals surface area (Å²) in [6, 6.07) is 12.2. The van der Waals surface area contributed by atoms with Gasteiger partial charge in [-0.25, -0.2) is 4.98 Å². The highest BCUT2D eigenvalue weighted by molar-refractivity contribution is 5.96. The maximum atomic E-state index is 13.7. The molecule has 1 aliphatic heterocycles. The van der Waals surface area contributed by atoms with Crippen molar-refractivity contribution in [3.63, 3.8) is 0 Å². The van der Waals surface area contributed by atoms with Gasteiger partial charge in [-0.05, 0) is 55.3 Å². The smallest absolute Gasteiger partial charge is 0.305 e. The molecule has 0 saturated heterocycles. The molecule has 0 unspecified atom stereocenters. The summed E-state index contributed by atoms with van der Waals surface area (Å²) in [6.45, 7) is 1.86. The number of nitrogens with two attached hydrogens (primary N) is 1. The second kappa shape index (κ2) is 11.9. The van der Waals surface area contributed by atoms with Crippen molar-refractivity contribution in [1.29, 1.82) is 0 Å². The lowest BCUT2D eigenvalue weighted by atomic mass is 10.1. The first-order valence-corrected chi connectivity index (χ1v) is 12.6. The molecule has 0 aliphatic carbocycles. The SMILES string of the molecule is CN1Cc2cc(C(=O)N(CCCCCCN)Cc3nc4ccccc4[nH]3)ccc2N[C@H](CC(=O)O)C1=O. The van der Waals surface area contributed by atoms with Crippen molar-refractivity contribution >= 4 is 34.5 Å². The van der Waals surface area contributed by atoms with Crippen LogP contribution < -0.4 is 11.1 Å². The molecule has 2 amide bonds. The van der Waals surface area contributed by atoms with E-state index >= 15 is 0 Å². The lowest BCUT2D eigenvalue weighted by Crippen LogP contribution is -2.39. The van der Waals surface area contributed by atoms with Crippen LogP contribution in [0.5, 0.6) is 0 Å². The summed E-state index contributed by atoms with van der Waals surface area (Å²) in [6.07, 6.45) is 3.49. The molecule has 2 heterocycles. The number of para-hydroxylation sites is 2. The zero-order valence-corrected chi connectivity index (χ0v) is 21.1. The Morgan fingerprint density at radius 3 is 2.70 bits per heavy atom. The molecule has 0 bridgehead atoms. The van der Waals surface area contributed by atoms with E-state index in [1.54, 1.807) is 30.1 Å². The Bertz CT molecular complexity index is 1240. The van der Waals surface area contributed by atoms with E-state index in [0.717, 1.165) is 48.1 Å². The summed E-state index contributed by atoms with van der Waals surface area (Å²) in [7, 11) is 1.64. The van der Waals surface area contributed by atoms with Crippen LogP contribution in [0.4, 0.5) is 5.69 Å². The maximum absolute atomic E-state index is 13.7. The van der Waals surface area contributed by atoms with Crippen molar-refractivity contribution in [2.24, 2.45) is 5.73 Å². The Labute approximate surface area is 215 Å². The lowest BCUT2D eigenvalue weighted by molar-refractivity contribution is -0.141. The average molecular weight is 507 g/mol. The molecule has 10 heteroatoms. The first-order valence-electron chi connectivity index (χ1n) is 12.6. The minimum absolute atomic E-state index is 0.123. The van der Waals surface area contributed by atoms with Crippen molar-refractivity contribution in [2.75, 3.05) is 25.5 Å². The van der Waals surface area contributed by atoms with Gasteiger partial charge in [-0.3, -0.25) is 14.4 Å². The molecule has 0 fully saturated rings. The third kappa shape index (κ3) is 6.45. The summed E-state index contributed by atoms with van der Waals surface area (Å²) in [4.78, 5) is 48.8. The third-order valence-corrected chi connectivity index (χ3v) is 6.59. The molecule has 10 nitrogen and oxygen atoms in total. The number of amides is 2. The summed E-state index contributed by atoms with van der Waals surface area (Å²) in [5.41, 5.74) is 9.33. The number of imidazole rings is 1. The second-order valence-corrected chi connectivity index (χ2v) is 9.49. The Morgan fingerprint density at radius 1 is 1.16 bits per heavy atom. The van der Waals surface area contributed by atoms with Crippen molar-refractivity contribution < 1.29 is 19.5 Å². The molecule has 3 aromatic rings. The number of aromatic nitrogens is 2. The van der Waals surface area contributed by atoms with Gasteiger partial charge in [-0.15, -0.1) is 0 Å². The number of hydrogen-bond acceptors (Lipinski definition) is 6. The van der Waals surface area contributed by atoms with Gasteiger partial charge in [0.15, 0.2) is 0 Å². The number of anilines is 1. The number of aromatic amines is 1. The summed E-state index contributed by atoms with van der Waals surface area (Å²) in [5.74, 6) is -0.755. The number of nitrogens with one attached hydrogen (secondary N) is 2. The Hall–Kier alpha value is -3.92. The Kier molecular flexibility index (Phi) is 8.39. The number of likely N-dealkylation sites (N-methyl/N-ethyl adjacent to an activating group) is 1. The first kappa shape index (κ1) is 26.2. The number of unbranched alkanes of at least 4 members (excludes halogenated alkanes) is 3. The molecule has 1 aliphatic rings. The minimum Gasteiger partial charge on any atom is -0.481 e. The van der Waals surface area contributed by atoms with Crippen molar-refractivity contribution in [3.05, 3.63) is 59.4 Å². The molecule has 37 heavy (non-hydrogen) atoms. The van der Waals surface area contributed by atoms with Gasteiger partial charge in [0.2, 0.25) is 5.91 Å². The van der Waals surface area contributed by atoms with Gasteiger partial charge in [0.05, 0.1) is 24.0 Å². The number of fused-ring (bicyclic) bond motifs is 2. The van der Waals surface area contributed by atoms with E-state index in [1.165, 1.54) is 4.90 Å². The van der Waals surface area contributed by atoms with E-state index in [0.29, 0.717) is 30.9 Å². The van der Waals surface area contributed by atoms with Crippen LogP contribution in [0.25, 0.3) is 11.0 Å². The molecular formula is C27H34N6O4. The fourth-order valence-electron chi connectivity index (χ4n) is 4.66. The number of carboxylic acids is 1. The van der Waals surface area contributed by atoms with Crippen LogP contribution in [0, 0.1) is 0 Å². The van der Waals surface area contributed by atoms with Crippen LogP contribution in [0.1, 0.15) is 53.8 Å². The highest BCUT2D eigenvalue weighted by Crippen LogP contribution is 2.26. The first-order chi connectivity index (χ1) is 17.9. The molecule has 196 valence electrons. The normalized spacial score (nSPS) is 15.2. The molecule has 4 rings (SSSR count). The van der Waals surface area contributed by atoms with Gasteiger partial charge >= 0.3 is 5.97 Å². The van der Waals surface area contributed by atoms with Gasteiger partial charge in [0.25, 0.3) is 5.91 Å². The zero-order chi connectivity index (χ0) is 26.4. The number of carbonyl (C=O) groups excluding carboxylic acids is 2. The predicted molar refractivity (Wildman–Crippen MR) is 141 cm³/mol. The van der Waals surface area contributed by atoms with Crippen LogP contribution >= 0.6 is 0 Å². The zero-order valence-electron chi connectivity index (χ0n) is 21.1. The predicted octanol–water partition coefficient (Wildman–Crippen LogP) is 2.95. The van der Waals surface area contributed by atoms with Crippen molar-refractivity contribution in [3.8, 4) is 0 Å². The van der Waals surface area contributed by atoms with E-state index in [2.05, 4.69) is 15.3 Å². The van der Waals surface area contributed by atoms with E-state index in [1.807, 2.05) is 24.3 Å². The quantitative estimate of drug-likeness (QED) is 0.293. The molecule has 5 N–H and O–H groups in total. The van der Waals surface area contributed by atoms with Crippen LogP contribution in [0.2, 0.25) is 0 Å². The topological polar surface area (TPSA) is 145 Å². The summed E-state index contributed by atoms with van der Waals surface area (Å²) < 4.78 is 0. The van der Waals surface area contributed by atoms with Gasteiger partial charge in [-0.2, -0.15) is 0 Å². The highest BCUT2D eigenvalue weighted by Gasteiger charge is 2.29. The fraction of sp³-hybridized carbons (Fsp3) is 0.407. The van der Waals surface area contributed by atoms with Gasteiger partial charge < -0.3 is 30.9 Å². The largest absolute Gasteiger partial charge is 0.481 e. The van der Waals surface area contributed by atoms with Crippen molar-refractivity contribution in [1.82, 2.24) is 19.8 Å². The second-order valence-electron chi connectivity index (χ2n) is 9.49. The number of carbonyl (C=O) groups is 3. The molecule has 0 radical (unpaired) electrons. The molecule has 1 atom stereocenters. The molecule has 1 aromatic heterocycles. The fourth-order valence-corrected chi connectivity index (χ4v) is 4.66. The summed E-state index contributed by atoms with van der Waals surface area (Å²) in [5, 5.41) is 12.3. The van der Waals surface area contributed by atoms with E-state index in [9.17, 15) is 19.5 Å². The van der Waals surface area contributed by atoms with Gasteiger partial charge in [0, 0.05) is 31.4 Å². The van der Waals surface area contributed by atoms with Crippen LogP contribution in [-0.2, 0) is 22.7 Å². The van der Waals surface area contributed by atoms with Crippen LogP contribution in [0.15, 0.2) is 42.5 Å².